The van der Waals surface area contributed by atoms with Gasteiger partial charge in [0.2, 0.25) is 5.91 Å². The molecule has 0 saturated carbocycles. The number of thioether (sulfide) groups is 1. The zero-order valence-corrected chi connectivity index (χ0v) is 13.0. The molecule has 0 radical (unpaired) electrons. The van der Waals surface area contributed by atoms with Gasteiger partial charge in [0, 0.05) is 21.3 Å². The van der Waals surface area contributed by atoms with E-state index in [0.717, 1.165) is 4.90 Å². The molecular weight excluding hydrogens is 308 g/mol. The number of benzene rings is 2. The third kappa shape index (κ3) is 4.58. The van der Waals surface area contributed by atoms with Crippen molar-refractivity contribution in [2.45, 2.75) is 4.90 Å². The fraction of sp³-hybridized carbons (Fsp3) is 0.133. The predicted octanol–water partition coefficient (Wildman–Crippen LogP) is 3.66. The largest absolute Gasteiger partial charge is 0.497 e. The summed E-state index contributed by atoms with van der Waals surface area (Å²) in [6, 6.07) is 12.3. The highest BCUT2D eigenvalue weighted by Crippen LogP contribution is 2.29. The van der Waals surface area contributed by atoms with Crippen LogP contribution in [0.15, 0.2) is 47.4 Å². The average Bonchev–Trinajstić information content (AvgIpc) is 2.49. The van der Waals surface area contributed by atoms with Crippen molar-refractivity contribution in [3.05, 3.63) is 47.5 Å². The van der Waals surface area contributed by atoms with Crippen LogP contribution in [0.5, 0.6) is 5.75 Å². The Bertz CT molecular complexity index is 632. The summed E-state index contributed by atoms with van der Waals surface area (Å²) in [6.07, 6.45) is 0. The molecule has 0 unspecified atom stereocenters. The van der Waals surface area contributed by atoms with Gasteiger partial charge in [0.05, 0.1) is 12.9 Å². The first-order chi connectivity index (χ1) is 10.1. The van der Waals surface area contributed by atoms with Crippen LogP contribution in [0, 0.1) is 0 Å². The summed E-state index contributed by atoms with van der Waals surface area (Å²) in [6.45, 7) is 0. The van der Waals surface area contributed by atoms with E-state index in [9.17, 15) is 4.79 Å². The number of hydrogen-bond acceptors (Lipinski definition) is 4. The van der Waals surface area contributed by atoms with Crippen LogP contribution in [0.4, 0.5) is 11.4 Å². The molecule has 4 nitrogen and oxygen atoms in total. The number of rotatable bonds is 5. The molecule has 0 aliphatic heterocycles. The summed E-state index contributed by atoms with van der Waals surface area (Å²) < 4.78 is 5.14. The fourth-order valence-corrected chi connectivity index (χ4v) is 2.56. The minimum Gasteiger partial charge on any atom is -0.497 e. The minimum atomic E-state index is -0.107. The number of nitrogens with two attached hydrogens (primary N) is 1. The molecule has 3 N–H and O–H groups in total. The zero-order chi connectivity index (χ0) is 15.2. The lowest BCUT2D eigenvalue weighted by Gasteiger charge is -2.08. The smallest absolute Gasteiger partial charge is 0.234 e. The van der Waals surface area contributed by atoms with E-state index in [1.807, 2.05) is 6.07 Å². The lowest BCUT2D eigenvalue weighted by atomic mass is 10.3. The Morgan fingerprint density at radius 1 is 1.29 bits per heavy atom. The SMILES string of the molecule is COc1ccc(N)c(SCC(=O)Nc2ccc(Cl)cc2)c1. The van der Waals surface area contributed by atoms with E-state index in [1.165, 1.54) is 11.8 Å². The summed E-state index contributed by atoms with van der Waals surface area (Å²) in [5.74, 6) is 0.870. The normalized spacial score (nSPS) is 10.2. The van der Waals surface area contributed by atoms with Gasteiger partial charge in [-0.15, -0.1) is 11.8 Å². The number of nitrogen functional groups attached to an aromatic ring is 1. The van der Waals surface area contributed by atoms with Crippen LogP contribution in [0.3, 0.4) is 0 Å². The molecule has 0 heterocycles. The van der Waals surface area contributed by atoms with Crippen molar-refractivity contribution < 1.29 is 9.53 Å². The van der Waals surface area contributed by atoms with Crippen LogP contribution in [0.1, 0.15) is 0 Å². The number of carbonyl (C=O) groups excluding carboxylic acids is 1. The van der Waals surface area contributed by atoms with Crippen LogP contribution in [-0.2, 0) is 4.79 Å². The second-order valence-corrected chi connectivity index (χ2v) is 5.70. The molecule has 2 aromatic carbocycles. The van der Waals surface area contributed by atoms with Crippen LogP contribution >= 0.6 is 23.4 Å². The lowest BCUT2D eigenvalue weighted by molar-refractivity contribution is -0.113. The van der Waals surface area contributed by atoms with E-state index >= 15 is 0 Å². The van der Waals surface area contributed by atoms with Gasteiger partial charge in [0.1, 0.15) is 5.75 Å². The Morgan fingerprint density at radius 3 is 2.67 bits per heavy atom. The number of methoxy groups -OCH3 is 1. The third-order valence-electron chi connectivity index (χ3n) is 2.71. The number of hydrogen-bond donors (Lipinski definition) is 2. The van der Waals surface area contributed by atoms with E-state index in [1.54, 1.807) is 43.5 Å². The monoisotopic (exact) mass is 322 g/mol. The maximum atomic E-state index is 11.9. The Kier molecular flexibility index (Phi) is 5.36. The number of nitrogens with one attached hydrogen (secondary N) is 1. The Hall–Kier alpha value is -1.85. The van der Waals surface area contributed by atoms with Crippen molar-refractivity contribution in [1.29, 1.82) is 0 Å². The van der Waals surface area contributed by atoms with E-state index in [0.29, 0.717) is 22.1 Å². The van der Waals surface area contributed by atoms with Crippen LogP contribution < -0.4 is 15.8 Å². The summed E-state index contributed by atoms with van der Waals surface area (Å²) in [5, 5.41) is 3.43. The molecular formula is C15H15ClN2O2S. The van der Waals surface area contributed by atoms with Gasteiger partial charge < -0.3 is 15.8 Å². The van der Waals surface area contributed by atoms with Crippen LogP contribution in [0.25, 0.3) is 0 Å². The van der Waals surface area contributed by atoms with Gasteiger partial charge in [0.25, 0.3) is 0 Å². The second kappa shape index (κ2) is 7.24. The molecule has 0 aromatic heterocycles. The first-order valence-corrected chi connectivity index (χ1v) is 7.56. The zero-order valence-electron chi connectivity index (χ0n) is 11.4. The van der Waals surface area contributed by atoms with E-state index < -0.39 is 0 Å². The number of halogens is 1. The van der Waals surface area contributed by atoms with E-state index in [-0.39, 0.29) is 11.7 Å². The number of amides is 1. The molecule has 21 heavy (non-hydrogen) atoms. The molecule has 0 saturated heterocycles. The van der Waals surface area contributed by atoms with Crippen molar-refractivity contribution >= 4 is 40.6 Å². The Balaban J connectivity index is 1.93. The third-order valence-corrected chi connectivity index (χ3v) is 4.03. The highest BCUT2D eigenvalue weighted by molar-refractivity contribution is 8.00. The first kappa shape index (κ1) is 15.5. The molecule has 0 spiro atoms. The van der Waals surface area contributed by atoms with Gasteiger partial charge >= 0.3 is 0 Å². The van der Waals surface area contributed by atoms with Gasteiger partial charge in [-0.3, -0.25) is 4.79 Å². The highest BCUT2D eigenvalue weighted by atomic mass is 35.5. The van der Waals surface area contributed by atoms with Gasteiger partial charge in [0.15, 0.2) is 0 Å². The van der Waals surface area contributed by atoms with Crippen molar-refractivity contribution in [1.82, 2.24) is 0 Å². The maximum Gasteiger partial charge on any atom is 0.234 e. The summed E-state index contributed by atoms with van der Waals surface area (Å²) in [7, 11) is 1.59. The standard InChI is InChI=1S/C15H15ClN2O2S/c1-20-12-6-7-13(17)14(8-12)21-9-15(19)18-11-4-2-10(16)3-5-11/h2-8H,9,17H2,1H3,(H,18,19). The van der Waals surface area contributed by atoms with E-state index in [4.69, 9.17) is 22.1 Å². The molecule has 1 amide bonds. The molecule has 0 aliphatic carbocycles. The van der Waals surface area contributed by atoms with Crippen molar-refractivity contribution in [3.8, 4) is 5.75 Å². The number of carbonyl (C=O) groups is 1. The molecule has 6 heteroatoms. The number of ether oxygens (including phenoxy) is 1. The van der Waals surface area contributed by atoms with Crippen LogP contribution in [-0.4, -0.2) is 18.8 Å². The molecule has 2 aromatic rings. The van der Waals surface area contributed by atoms with Gasteiger partial charge in [-0.05, 0) is 42.5 Å². The molecule has 2 rings (SSSR count). The fourth-order valence-electron chi connectivity index (χ4n) is 1.64. The van der Waals surface area contributed by atoms with Crippen molar-refractivity contribution in [2.75, 3.05) is 23.9 Å². The lowest BCUT2D eigenvalue weighted by Crippen LogP contribution is -2.14. The van der Waals surface area contributed by atoms with Crippen LogP contribution in [0.2, 0.25) is 5.02 Å². The Morgan fingerprint density at radius 2 is 2.00 bits per heavy atom. The average molecular weight is 323 g/mol. The molecule has 0 atom stereocenters. The summed E-state index contributed by atoms with van der Waals surface area (Å²) in [5.41, 5.74) is 7.21. The molecule has 110 valence electrons. The molecule has 0 fully saturated rings. The Labute approximate surface area is 132 Å². The molecule has 0 aliphatic rings. The van der Waals surface area contributed by atoms with Crippen molar-refractivity contribution in [3.63, 3.8) is 0 Å². The van der Waals surface area contributed by atoms with Gasteiger partial charge in [-0.2, -0.15) is 0 Å². The maximum absolute atomic E-state index is 11.9. The second-order valence-electron chi connectivity index (χ2n) is 4.25. The highest BCUT2D eigenvalue weighted by Gasteiger charge is 2.07. The van der Waals surface area contributed by atoms with Crippen molar-refractivity contribution in [2.24, 2.45) is 0 Å². The quantitative estimate of drug-likeness (QED) is 0.651. The summed E-state index contributed by atoms with van der Waals surface area (Å²) >= 11 is 7.16. The predicted molar refractivity (Wildman–Crippen MR) is 88.2 cm³/mol. The first-order valence-electron chi connectivity index (χ1n) is 6.20. The van der Waals surface area contributed by atoms with Gasteiger partial charge in [-0.1, -0.05) is 11.6 Å². The van der Waals surface area contributed by atoms with E-state index in [2.05, 4.69) is 5.32 Å². The molecule has 0 bridgehead atoms. The topological polar surface area (TPSA) is 64.3 Å². The van der Waals surface area contributed by atoms with Gasteiger partial charge in [-0.25, -0.2) is 0 Å². The number of anilines is 2. The minimum absolute atomic E-state index is 0.107. The summed E-state index contributed by atoms with van der Waals surface area (Å²) in [4.78, 5) is 12.7.